The molecule has 0 aromatic heterocycles. The van der Waals surface area contributed by atoms with E-state index in [9.17, 15) is 9.59 Å². The van der Waals surface area contributed by atoms with E-state index in [0.717, 1.165) is 0 Å². The number of rotatable bonds is 4. The largest absolute Gasteiger partial charge is 0.465 e. The molecular weight excluding hydrogens is 266 g/mol. The van der Waals surface area contributed by atoms with E-state index >= 15 is 0 Å². The molecule has 114 valence electrons. The minimum absolute atomic E-state index is 0.0330. The molecule has 21 heavy (non-hydrogen) atoms. The lowest BCUT2D eigenvalue weighted by molar-refractivity contribution is -0.155. The molecule has 1 fully saturated rings. The lowest BCUT2D eigenvalue weighted by Crippen LogP contribution is -2.49. The van der Waals surface area contributed by atoms with Gasteiger partial charge < -0.3 is 4.74 Å². The predicted molar refractivity (Wildman–Crippen MR) is 80.8 cm³/mol. The summed E-state index contributed by atoms with van der Waals surface area (Å²) in [7, 11) is 0. The van der Waals surface area contributed by atoms with Crippen LogP contribution in [-0.4, -0.2) is 35.8 Å². The maximum atomic E-state index is 12.3. The van der Waals surface area contributed by atoms with Crippen molar-refractivity contribution in [2.24, 2.45) is 5.92 Å². The minimum atomic E-state index is -0.598. The van der Waals surface area contributed by atoms with E-state index in [2.05, 4.69) is 30.9 Å². The molecule has 4 heteroatoms. The molecule has 0 spiro atoms. The number of carbonyl (C=O) groups is 2. The SMILES string of the molecule is CCOC(=O)C1C[C@H](C)N([C@H](C)c2ccccc2)CC1=O. The summed E-state index contributed by atoms with van der Waals surface area (Å²) >= 11 is 0. The van der Waals surface area contributed by atoms with E-state index in [4.69, 9.17) is 4.74 Å². The number of ketones is 1. The summed E-state index contributed by atoms with van der Waals surface area (Å²) < 4.78 is 5.00. The average molecular weight is 289 g/mol. The summed E-state index contributed by atoms with van der Waals surface area (Å²) in [5.41, 5.74) is 1.19. The molecule has 0 saturated carbocycles. The van der Waals surface area contributed by atoms with Crippen LogP contribution in [0.5, 0.6) is 0 Å². The lowest BCUT2D eigenvalue weighted by atomic mass is 9.88. The summed E-state index contributed by atoms with van der Waals surface area (Å²) in [6, 6.07) is 10.5. The third-order valence-electron chi connectivity index (χ3n) is 4.22. The molecule has 1 aliphatic heterocycles. The maximum absolute atomic E-state index is 12.3. The molecule has 0 N–H and O–H groups in total. The van der Waals surface area contributed by atoms with Gasteiger partial charge in [0, 0.05) is 12.1 Å². The summed E-state index contributed by atoms with van der Waals surface area (Å²) in [6.07, 6.45) is 0.537. The number of piperidine rings is 1. The van der Waals surface area contributed by atoms with Gasteiger partial charge in [0.05, 0.1) is 13.2 Å². The highest BCUT2D eigenvalue weighted by molar-refractivity contribution is 6.00. The van der Waals surface area contributed by atoms with E-state index in [-0.39, 0.29) is 23.8 Å². The number of benzene rings is 1. The van der Waals surface area contributed by atoms with Crippen molar-refractivity contribution in [1.82, 2.24) is 4.90 Å². The first-order valence-corrected chi connectivity index (χ1v) is 7.54. The molecule has 1 aromatic carbocycles. The Bertz CT molecular complexity index is 500. The van der Waals surface area contributed by atoms with Crippen molar-refractivity contribution >= 4 is 11.8 Å². The Hall–Kier alpha value is -1.68. The number of esters is 1. The van der Waals surface area contributed by atoms with Crippen molar-refractivity contribution in [3.63, 3.8) is 0 Å². The standard InChI is InChI=1S/C17H23NO3/c1-4-21-17(20)15-10-12(2)18(11-16(15)19)13(3)14-8-6-5-7-9-14/h5-9,12-13,15H,4,10-11H2,1-3H3/t12-,13+,15?/m0/s1. The molecule has 1 aromatic rings. The fourth-order valence-electron chi connectivity index (χ4n) is 2.97. The van der Waals surface area contributed by atoms with Crippen LogP contribution in [0.4, 0.5) is 0 Å². The minimum Gasteiger partial charge on any atom is -0.465 e. The van der Waals surface area contributed by atoms with Gasteiger partial charge in [-0.25, -0.2) is 0 Å². The van der Waals surface area contributed by atoms with Crippen molar-refractivity contribution in [2.45, 2.75) is 39.3 Å². The highest BCUT2D eigenvalue weighted by Crippen LogP contribution is 2.29. The van der Waals surface area contributed by atoms with E-state index in [1.165, 1.54) is 5.56 Å². The van der Waals surface area contributed by atoms with Gasteiger partial charge in [-0.05, 0) is 32.8 Å². The van der Waals surface area contributed by atoms with Gasteiger partial charge in [0.2, 0.25) is 0 Å². The van der Waals surface area contributed by atoms with E-state index in [1.807, 2.05) is 18.2 Å². The van der Waals surface area contributed by atoms with E-state index in [1.54, 1.807) is 6.92 Å². The van der Waals surface area contributed by atoms with Gasteiger partial charge >= 0.3 is 5.97 Å². The third kappa shape index (κ3) is 3.50. The average Bonchev–Trinajstić information content (AvgIpc) is 2.49. The van der Waals surface area contributed by atoms with Crippen molar-refractivity contribution < 1.29 is 14.3 Å². The van der Waals surface area contributed by atoms with Crippen molar-refractivity contribution in [1.29, 1.82) is 0 Å². The zero-order valence-electron chi connectivity index (χ0n) is 12.9. The van der Waals surface area contributed by atoms with Crippen LogP contribution in [0.1, 0.15) is 38.8 Å². The fourth-order valence-corrected chi connectivity index (χ4v) is 2.97. The summed E-state index contributed by atoms with van der Waals surface area (Å²) in [5, 5.41) is 0. The quantitative estimate of drug-likeness (QED) is 0.631. The zero-order valence-corrected chi connectivity index (χ0v) is 12.9. The number of likely N-dealkylation sites (tertiary alicyclic amines) is 1. The predicted octanol–water partition coefficient (Wildman–Crippen LogP) is 2.59. The Morgan fingerprint density at radius 1 is 1.38 bits per heavy atom. The summed E-state index contributed by atoms with van der Waals surface area (Å²) in [6.45, 7) is 6.56. The summed E-state index contributed by atoms with van der Waals surface area (Å²) in [4.78, 5) is 26.3. The Labute approximate surface area is 126 Å². The van der Waals surface area contributed by atoms with Crippen molar-refractivity contribution in [2.75, 3.05) is 13.2 Å². The number of nitrogens with zero attached hydrogens (tertiary/aromatic N) is 1. The molecule has 4 nitrogen and oxygen atoms in total. The van der Waals surface area contributed by atoms with Gasteiger partial charge in [-0.1, -0.05) is 30.3 Å². The molecule has 2 rings (SSSR count). The Balaban J connectivity index is 2.08. The van der Waals surface area contributed by atoms with Crippen LogP contribution in [-0.2, 0) is 14.3 Å². The number of hydrogen-bond donors (Lipinski definition) is 0. The first-order valence-electron chi connectivity index (χ1n) is 7.54. The van der Waals surface area contributed by atoms with Gasteiger partial charge in [0.25, 0.3) is 0 Å². The van der Waals surface area contributed by atoms with Crippen molar-refractivity contribution in [3.8, 4) is 0 Å². The molecule has 0 radical (unpaired) electrons. The topological polar surface area (TPSA) is 46.6 Å². The van der Waals surface area contributed by atoms with E-state index in [0.29, 0.717) is 19.6 Å². The first kappa shape index (κ1) is 15.7. The fraction of sp³-hybridized carbons (Fsp3) is 0.529. The van der Waals surface area contributed by atoms with Crippen LogP contribution >= 0.6 is 0 Å². The van der Waals surface area contributed by atoms with Crippen LogP contribution in [0, 0.1) is 5.92 Å². The third-order valence-corrected chi connectivity index (χ3v) is 4.22. The number of Topliss-reactive ketones (excluding diaryl/α,β-unsaturated/α-hetero) is 1. The Morgan fingerprint density at radius 2 is 2.05 bits per heavy atom. The molecule has 1 heterocycles. The van der Waals surface area contributed by atoms with Gasteiger partial charge in [-0.2, -0.15) is 0 Å². The number of carbonyl (C=O) groups excluding carboxylic acids is 2. The molecule has 1 saturated heterocycles. The maximum Gasteiger partial charge on any atom is 0.316 e. The monoisotopic (exact) mass is 289 g/mol. The zero-order chi connectivity index (χ0) is 15.4. The second kappa shape index (κ2) is 6.85. The molecule has 0 aliphatic carbocycles. The molecule has 0 amide bonds. The smallest absolute Gasteiger partial charge is 0.316 e. The molecule has 3 atom stereocenters. The molecule has 1 aliphatic rings. The summed E-state index contributed by atoms with van der Waals surface area (Å²) in [5.74, 6) is -1.00. The van der Waals surface area contributed by atoms with Crippen molar-refractivity contribution in [3.05, 3.63) is 35.9 Å². The van der Waals surface area contributed by atoms with Gasteiger partial charge in [-0.3, -0.25) is 14.5 Å². The second-order valence-electron chi connectivity index (χ2n) is 5.61. The molecular formula is C17H23NO3. The number of hydrogen-bond acceptors (Lipinski definition) is 4. The highest BCUT2D eigenvalue weighted by Gasteiger charge is 2.39. The molecule has 1 unspecified atom stereocenters. The molecule has 0 bridgehead atoms. The van der Waals surface area contributed by atoms with Gasteiger partial charge in [0.15, 0.2) is 5.78 Å². The van der Waals surface area contributed by atoms with Crippen LogP contribution in [0.25, 0.3) is 0 Å². The normalized spacial score (nSPS) is 24.6. The second-order valence-corrected chi connectivity index (χ2v) is 5.61. The Morgan fingerprint density at radius 3 is 2.67 bits per heavy atom. The van der Waals surface area contributed by atoms with Crippen LogP contribution in [0.2, 0.25) is 0 Å². The van der Waals surface area contributed by atoms with Gasteiger partial charge in [0.1, 0.15) is 5.92 Å². The van der Waals surface area contributed by atoms with E-state index < -0.39 is 5.92 Å². The van der Waals surface area contributed by atoms with Crippen LogP contribution in [0.15, 0.2) is 30.3 Å². The highest BCUT2D eigenvalue weighted by atomic mass is 16.5. The lowest BCUT2D eigenvalue weighted by Gasteiger charge is -2.39. The van der Waals surface area contributed by atoms with Crippen LogP contribution in [0.3, 0.4) is 0 Å². The van der Waals surface area contributed by atoms with Gasteiger partial charge in [-0.15, -0.1) is 0 Å². The first-order chi connectivity index (χ1) is 10.0. The Kier molecular flexibility index (Phi) is 5.12. The number of ether oxygens (including phenoxy) is 1. The van der Waals surface area contributed by atoms with Crippen LogP contribution < -0.4 is 0 Å².